The molecule has 9 heteroatoms. The molecule has 26 heavy (non-hydrogen) atoms. The molecular formula is C17H16N8O. The lowest BCUT2D eigenvalue weighted by molar-refractivity contribution is 0.754. The Balaban J connectivity index is 1.47. The summed E-state index contributed by atoms with van der Waals surface area (Å²) < 4.78 is 1.86. The first-order valence-corrected chi connectivity index (χ1v) is 8.03. The van der Waals surface area contributed by atoms with Crippen LogP contribution in [0.5, 0.6) is 0 Å². The number of imidazole rings is 1. The van der Waals surface area contributed by atoms with E-state index >= 15 is 0 Å². The molecule has 3 N–H and O–H groups in total. The van der Waals surface area contributed by atoms with Crippen molar-refractivity contribution < 1.29 is 0 Å². The molecule has 0 saturated carbocycles. The lowest BCUT2D eigenvalue weighted by Gasteiger charge is -2.07. The zero-order valence-corrected chi connectivity index (χ0v) is 13.8. The van der Waals surface area contributed by atoms with Gasteiger partial charge in [0.2, 0.25) is 5.95 Å². The zero-order chi connectivity index (χ0) is 17.8. The maximum Gasteiger partial charge on any atom is 0.340 e. The van der Waals surface area contributed by atoms with Crippen LogP contribution in [0.3, 0.4) is 0 Å². The number of hydrogen-bond acceptors (Lipinski definition) is 6. The number of aromatic amines is 2. The summed E-state index contributed by atoms with van der Waals surface area (Å²) in [5.41, 5.74) is 1.60. The van der Waals surface area contributed by atoms with Crippen molar-refractivity contribution in [2.45, 2.75) is 13.1 Å². The molecule has 0 aliphatic rings. The maximum absolute atomic E-state index is 11.1. The van der Waals surface area contributed by atoms with Crippen molar-refractivity contribution >= 4 is 5.95 Å². The van der Waals surface area contributed by atoms with Crippen molar-refractivity contribution in [2.24, 2.45) is 0 Å². The lowest BCUT2D eigenvalue weighted by Crippen LogP contribution is -2.06. The van der Waals surface area contributed by atoms with Gasteiger partial charge in [0.1, 0.15) is 5.82 Å². The summed E-state index contributed by atoms with van der Waals surface area (Å²) in [6.45, 7) is 1.05. The van der Waals surface area contributed by atoms with Gasteiger partial charge in [0, 0.05) is 31.3 Å². The Morgan fingerprint density at radius 3 is 2.62 bits per heavy atom. The Bertz CT molecular complexity index is 1030. The normalized spacial score (nSPS) is 10.8. The van der Waals surface area contributed by atoms with Gasteiger partial charge in [-0.3, -0.25) is 4.98 Å². The van der Waals surface area contributed by atoms with Gasteiger partial charge in [-0.1, -0.05) is 30.3 Å². The minimum Gasteiger partial charge on any atom is -0.350 e. The second-order valence-electron chi connectivity index (χ2n) is 5.64. The topological polar surface area (TPSA) is 117 Å². The van der Waals surface area contributed by atoms with Gasteiger partial charge in [-0.25, -0.2) is 24.8 Å². The van der Waals surface area contributed by atoms with Crippen LogP contribution in [0.1, 0.15) is 11.4 Å². The number of nitrogens with zero attached hydrogens (tertiary/aromatic N) is 5. The third-order valence-electron chi connectivity index (χ3n) is 3.79. The first-order valence-electron chi connectivity index (χ1n) is 8.03. The fourth-order valence-electron chi connectivity index (χ4n) is 2.55. The summed E-state index contributed by atoms with van der Waals surface area (Å²) in [4.78, 5) is 26.8. The van der Waals surface area contributed by atoms with E-state index in [1.54, 1.807) is 18.6 Å². The third-order valence-corrected chi connectivity index (χ3v) is 3.79. The minimum absolute atomic E-state index is 0.334. The summed E-state index contributed by atoms with van der Waals surface area (Å²) in [5, 5.41) is 9.44. The molecule has 1 aromatic carbocycles. The van der Waals surface area contributed by atoms with Crippen molar-refractivity contribution in [3.05, 3.63) is 77.0 Å². The quantitative estimate of drug-likeness (QED) is 0.485. The molecule has 3 aromatic heterocycles. The van der Waals surface area contributed by atoms with E-state index in [1.807, 2.05) is 41.1 Å². The molecule has 0 fully saturated rings. The summed E-state index contributed by atoms with van der Waals surface area (Å²) in [6, 6.07) is 10.0. The monoisotopic (exact) mass is 348 g/mol. The van der Waals surface area contributed by atoms with E-state index in [0.717, 1.165) is 11.1 Å². The molecule has 0 atom stereocenters. The second-order valence-corrected chi connectivity index (χ2v) is 5.64. The molecule has 9 nitrogen and oxygen atoms in total. The Hall–Kier alpha value is -3.75. The van der Waals surface area contributed by atoms with Gasteiger partial charge in [-0.05, 0) is 5.56 Å². The van der Waals surface area contributed by atoms with Crippen LogP contribution in [0.2, 0.25) is 0 Å². The molecule has 0 unspecified atom stereocenters. The first kappa shape index (κ1) is 15.8. The van der Waals surface area contributed by atoms with Gasteiger partial charge in [0.25, 0.3) is 0 Å². The molecular weight excluding hydrogens is 332 g/mol. The number of hydrogen-bond donors (Lipinski definition) is 3. The summed E-state index contributed by atoms with van der Waals surface area (Å²) in [6.07, 6.45) is 6.92. The van der Waals surface area contributed by atoms with Crippen LogP contribution in [0, 0.1) is 0 Å². The van der Waals surface area contributed by atoms with Crippen molar-refractivity contribution in [3.63, 3.8) is 0 Å². The average molecular weight is 348 g/mol. The van der Waals surface area contributed by atoms with Gasteiger partial charge in [0.05, 0.1) is 12.1 Å². The van der Waals surface area contributed by atoms with E-state index in [2.05, 4.69) is 35.5 Å². The Morgan fingerprint density at radius 1 is 1.08 bits per heavy atom. The molecule has 0 aliphatic heterocycles. The molecule has 0 spiro atoms. The van der Waals surface area contributed by atoms with Gasteiger partial charge < -0.3 is 9.88 Å². The van der Waals surface area contributed by atoms with Gasteiger partial charge in [0.15, 0.2) is 5.82 Å². The van der Waals surface area contributed by atoms with Crippen LogP contribution in [0.25, 0.3) is 11.4 Å². The molecule has 4 aromatic rings. The summed E-state index contributed by atoms with van der Waals surface area (Å²) in [5.74, 6) is 1.77. The predicted octanol–water partition coefficient (Wildman–Crippen LogP) is 1.41. The highest BCUT2D eigenvalue weighted by Gasteiger charge is 2.09. The minimum atomic E-state index is -0.334. The highest BCUT2D eigenvalue weighted by molar-refractivity contribution is 5.53. The summed E-state index contributed by atoms with van der Waals surface area (Å²) in [7, 11) is 0. The van der Waals surface area contributed by atoms with E-state index in [9.17, 15) is 4.79 Å². The fraction of sp³-hybridized carbons (Fsp3) is 0.118. The number of H-pyrrole nitrogens is 2. The number of anilines is 1. The number of rotatable bonds is 6. The molecule has 0 saturated heterocycles. The van der Waals surface area contributed by atoms with Gasteiger partial charge in [-0.2, -0.15) is 5.10 Å². The van der Waals surface area contributed by atoms with Crippen LogP contribution in [-0.2, 0) is 13.1 Å². The smallest absolute Gasteiger partial charge is 0.340 e. The van der Waals surface area contributed by atoms with E-state index in [4.69, 9.17) is 0 Å². The van der Waals surface area contributed by atoms with Crippen LogP contribution in [-0.4, -0.2) is 34.7 Å². The first-order chi connectivity index (χ1) is 12.8. The van der Waals surface area contributed by atoms with Gasteiger partial charge >= 0.3 is 5.69 Å². The molecule has 0 aliphatic carbocycles. The van der Waals surface area contributed by atoms with Crippen LogP contribution in [0.15, 0.2) is 59.9 Å². The molecule has 4 rings (SSSR count). The van der Waals surface area contributed by atoms with Crippen molar-refractivity contribution in [3.8, 4) is 11.4 Å². The average Bonchev–Trinajstić information content (AvgIpc) is 3.30. The third kappa shape index (κ3) is 3.51. The molecule has 130 valence electrons. The number of aromatic nitrogens is 7. The highest BCUT2D eigenvalue weighted by atomic mass is 16.1. The van der Waals surface area contributed by atoms with Crippen LogP contribution in [0.4, 0.5) is 5.95 Å². The van der Waals surface area contributed by atoms with E-state index in [1.165, 1.54) is 0 Å². The van der Waals surface area contributed by atoms with E-state index in [-0.39, 0.29) is 5.69 Å². The van der Waals surface area contributed by atoms with Crippen molar-refractivity contribution in [1.82, 2.24) is 34.7 Å². The molecule has 3 heterocycles. The van der Waals surface area contributed by atoms with Crippen LogP contribution >= 0.6 is 0 Å². The predicted molar refractivity (Wildman–Crippen MR) is 95.3 cm³/mol. The van der Waals surface area contributed by atoms with Crippen molar-refractivity contribution in [2.75, 3.05) is 5.32 Å². The Morgan fingerprint density at radius 2 is 1.88 bits per heavy atom. The highest BCUT2D eigenvalue weighted by Crippen LogP contribution is 2.17. The van der Waals surface area contributed by atoms with E-state index in [0.29, 0.717) is 30.7 Å². The second kappa shape index (κ2) is 7.01. The maximum atomic E-state index is 11.1. The van der Waals surface area contributed by atoms with Crippen molar-refractivity contribution in [1.29, 1.82) is 0 Å². The molecule has 0 bridgehead atoms. The number of nitrogens with one attached hydrogen (secondary N) is 3. The SMILES string of the molecule is O=c1[nH]nc(Cn2ccnc2-c2cnc(NCc3ccccc3)nc2)[nH]1. The van der Waals surface area contributed by atoms with E-state index < -0.39 is 0 Å². The lowest BCUT2D eigenvalue weighted by atomic mass is 10.2. The largest absolute Gasteiger partial charge is 0.350 e. The fourth-order valence-corrected chi connectivity index (χ4v) is 2.55. The van der Waals surface area contributed by atoms with Gasteiger partial charge in [-0.15, -0.1) is 0 Å². The Labute approximate surface area is 148 Å². The Kier molecular flexibility index (Phi) is 4.25. The van der Waals surface area contributed by atoms with Crippen LogP contribution < -0.4 is 11.0 Å². The standard InChI is InChI=1S/C17H16N8O/c26-17-22-14(23-24-17)11-25-7-6-18-15(25)13-9-20-16(21-10-13)19-8-12-4-2-1-3-5-12/h1-7,9-10H,8,11H2,(H,19,20,21)(H2,22,23,24,26). The number of benzene rings is 1. The molecule has 0 radical (unpaired) electrons. The molecule has 0 amide bonds. The zero-order valence-electron chi connectivity index (χ0n) is 13.8. The summed E-state index contributed by atoms with van der Waals surface area (Å²) >= 11 is 0.